The predicted molar refractivity (Wildman–Crippen MR) is 73.6 cm³/mol. The van der Waals surface area contributed by atoms with Crippen LogP contribution in [0.5, 0.6) is 5.75 Å². The van der Waals surface area contributed by atoms with Gasteiger partial charge in [0.2, 0.25) is 0 Å². The first kappa shape index (κ1) is 14.9. The minimum Gasteiger partial charge on any atom is -1.00 e. The summed E-state index contributed by atoms with van der Waals surface area (Å²) in [5.41, 5.74) is 0. The van der Waals surface area contributed by atoms with Gasteiger partial charge in [-0.05, 0) is 37.3 Å². The third-order valence-corrected chi connectivity index (χ3v) is 4.82. The van der Waals surface area contributed by atoms with E-state index in [0.29, 0.717) is 0 Å². The Kier molecular flexibility index (Phi) is 5.28. The summed E-state index contributed by atoms with van der Waals surface area (Å²) < 4.78 is 7.17. The Hall–Kier alpha value is -0.540. The lowest BCUT2D eigenvalue weighted by Crippen LogP contribution is -3.00. The monoisotopic (exact) mass is 325 g/mol. The number of nitrogens with zero attached hydrogens (tertiary/aromatic N) is 1. The number of para-hydroxylation sites is 1. The quantitative estimate of drug-likeness (QED) is 0.551. The molecule has 3 aliphatic rings. The molecule has 0 amide bonds. The average Bonchev–Trinajstić information content (AvgIpc) is 2.47. The third-order valence-electron chi connectivity index (χ3n) is 4.82. The van der Waals surface area contributed by atoms with Crippen LogP contribution in [0, 0.1) is 5.92 Å². The van der Waals surface area contributed by atoms with E-state index in [1.54, 1.807) is 0 Å². The van der Waals surface area contributed by atoms with Crippen molar-refractivity contribution in [2.75, 3.05) is 32.8 Å². The first-order valence-electron chi connectivity index (χ1n) is 7.39. The van der Waals surface area contributed by atoms with Gasteiger partial charge in [0.15, 0.2) is 0 Å². The second-order valence-corrected chi connectivity index (χ2v) is 5.98. The second kappa shape index (κ2) is 6.76. The van der Waals surface area contributed by atoms with Gasteiger partial charge in [-0.25, -0.2) is 0 Å². The summed E-state index contributed by atoms with van der Waals surface area (Å²) in [5, 5.41) is 0. The standard InChI is InChI=1S/C16H24NO.BrH/c1-2-5-16(6-3-1)18-14-4-10-17-11-7-15(8-12-17)9-13-17;/h1-3,5-6,15H,4,7-14H2;1H/q+1;/p-1. The molecule has 3 heteroatoms. The fraction of sp³-hybridized carbons (Fsp3) is 0.625. The van der Waals surface area contributed by atoms with Gasteiger partial charge >= 0.3 is 0 Å². The topological polar surface area (TPSA) is 9.23 Å². The van der Waals surface area contributed by atoms with Gasteiger partial charge in [0.25, 0.3) is 0 Å². The van der Waals surface area contributed by atoms with E-state index in [4.69, 9.17) is 4.74 Å². The number of fused-ring (bicyclic) bond motifs is 3. The van der Waals surface area contributed by atoms with Crippen LogP contribution in [0.4, 0.5) is 0 Å². The third kappa shape index (κ3) is 3.73. The molecular formula is C16H24BrNO. The first-order chi connectivity index (χ1) is 8.86. The zero-order valence-electron chi connectivity index (χ0n) is 11.6. The van der Waals surface area contributed by atoms with Crippen LogP contribution in [0.2, 0.25) is 0 Å². The maximum absolute atomic E-state index is 5.79. The Morgan fingerprint density at radius 1 is 1.00 bits per heavy atom. The Morgan fingerprint density at radius 2 is 1.63 bits per heavy atom. The van der Waals surface area contributed by atoms with Crippen LogP contribution < -0.4 is 21.7 Å². The van der Waals surface area contributed by atoms with Crippen molar-refractivity contribution in [2.45, 2.75) is 25.7 Å². The van der Waals surface area contributed by atoms with Gasteiger partial charge in [-0.2, -0.15) is 0 Å². The summed E-state index contributed by atoms with van der Waals surface area (Å²) in [6.45, 7) is 6.47. The highest BCUT2D eigenvalue weighted by atomic mass is 79.9. The number of piperidine rings is 3. The fourth-order valence-corrected chi connectivity index (χ4v) is 3.58. The molecule has 1 aromatic rings. The summed E-state index contributed by atoms with van der Waals surface area (Å²) >= 11 is 0. The van der Waals surface area contributed by atoms with E-state index in [1.165, 1.54) is 56.3 Å². The molecule has 1 aromatic carbocycles. The molecule has 0 aromatic heterocycles. The van der Waals surface area contributed by atoms with Crippen molar-refractivity contribution in [1.29, 1.82) is 0 Å². The van der Waals surface area contributed by atoms with Crippen molar-refractivity contribution >= 4 is 0 Å². The Balaban J connectivity index is 0.00000133. The molecule has 3 saturated heterocycles. The molecule has 0 aliphatic carbocycles. The van der Waals surface area contributed by atoms with Gasteiger partial charge in [0, 0.05) is 6.42 Å². The minimum absolute atomic E-state index is 0. The van der Waals surface area contributed by atoms with Crippen molar-refractivity contribution in [3.8, 4) is 5.75 Å². The molecule has 3 heterocycles. The molecule has 0 radical (unpaired) electrons. The largest absolute Gasteiger partial charge is 1.00 e. The van der Waals surface area contributed by atoms with E-state index < -0.39 is 0 Å². The van der Waals surface area contributed by atoms with Gasteiger partial charge in [-0.3, -0.25) is 0 Å². The lowest BCUT2D eigenvalue weighted by Gasteiger charge is -2.49. The van der Waals surface area contributed by atoms with Gasteiger partial charge < -0.3 is 26.2 Å². The predicted octanol–water partition coefficient (Wildman–Crippen LogP) is 0.0900. The van der Waals surface area contributed by atoms with Crippen LogP contribution in [0.25, 0.3) is 0 Å². The van der Waals surface area contributed by atoms with Gasteiger partial charge in [0.1, 0.15) is 5.75 Å². The highest BCUT2D eigenvalue weighted by Gasteiger charge is 2.38. The highest BCUT2D eigenvalue weighted by Crippen LogP contribution is 2.33. The SMILES string of the molecule is [Br-].c1ccc(OCCC[N+]23CCC(CC2)CC3)cc1. The lowest BCUT2D eigenvalue weighted by molar-refractivity contribution is -0.942. The van der Waals surface area contributed by atoms with Crippen LogP contribution in [0.1, 0.15) is 25.7 Å². The molecule has 2 nitrogen and oxygen atoms in total. The van der Waals surface area contributed by atoms with E-state index in [0.717, 1.165) is 18.3 Å². The molecule has 3 aliphatic heterocycles. The molecule has 0 N–H and O–H groups in total. The number of rotatable bonds is 5. The minimum atomic E-state index is 0. The van der Waals surface area contributed by atoms with Crippen molar-refractivity contribution < 1.29 is 26.2 Å². The Morgan fingerprint density at radius 3 is 2.26 bits per heavy atom. The summed E-state index contributed by atoms with van der Waals surface area (Å²) in [4.78, 5) is 0. The number of benzene rings is 1. The molecule has 3 fully saturated rings. The van der Waals surface area contributed by atoms with Gasteiger partial charge in [0.05, 0.1) is 32.8 Å². The molecule has 0 atom stereocenters. The zero-order valence-corrected chi connectivity index (χ0v) is 13.1. The van der Waals surface area contributed by atoms with Crippen LogP contribution >= 0.6 is 0 Å². The normalized spacial score (nSPS) is 28.7. The maximum Gasteiger partial charge on any atom is 0.119 e. The number of hydrogen-bond donors (Lipinski definition) is 0. The molecule has 4 rings (SSSR count). The van der Waals surface area contributed by atoms with E-state index in [9.17, 15) is 0 Å². The number of halogens is 1. The van der Waals surface area contributed by atoms with E-state index in [1.807, 2.05) is 30.3 Å². The average molecular weight is 326 g/mol. The molecule has 19 heavy (non-hydrogen) atoms. The maximum atomic E-state index is 5.79. The number of quaternary nitrogens is 1. The summed E-state index contributed by atoms with van der Waals surface area (Å²) in [6.07, 6.45) is 5.61. The molecule has 0 saturated carbocycles. The smallest absolute Gasteiger partial charge is 0.119 e. The second-order valence-electron chi connectivity index (χ2n) is 5.98. The van der Waals surface area contributed by atoms with Crippen molar-refractivity contribution in [3.05, 3.63) is 30.3 Å². The van der Waals surface area contributed by atoms with Gasteiger partial charge in [-0.15, -0.1) is 0 Å². The van der Waals surface area contributed by atoms with E-state index in [2.05, 4.69) is 0 Å². The number of hydrogen-bond acceptors (Lipinski definition) is 1. The van der Waals surface area contributed by atoms with E-state index >= 15 is 0 Å². The molecular weight excluding hydrogens is 302 g/mol. The summed E-state index contributed by atoms with van der Waals surface area (Å²) in [7, 11) is 0. The van der Waals surface area contributed by atoms with Crippen LogP contribution in [-0.2, 0) is 0 Å². The van der Waals surface area contributed by atoms with Crippen molar-refractivity contribution in [1.82, 2.24) is 0 Å². The highest BCUT2D eigenvalue weighted by molar-refractivity contribution is 5.20. The first-order valence-corrected chi connectivity index (χ1v) is 7.39. The van der Waals surface area contributed by atoms with Gasteiger partial charge in [-0.1, -0.05) is 18.2 Å². The molecule has 0 unspecified atom stereocenters. The summed E-state index contributed by atoms with van der Waals surface area (Å²) in [5.74, 6) is 2.07. The summed E-state index contributed by atoms with van der Waals surface area (Å²) in [6, 6.07) is 10.2. The number of ether oxygens (including phenoxy) is 1. The molecule has 2 bridgehead atoms. The van der Waals surface area contributed by atoms with Crippen molar-refractivity contribution in [3.63, 3.8) is 0 Å². The lowest BCUT2D eigenvalue weighted by atomic mass is 9.85. The Bertz CT molecular complexity index is 360. The van der Waals surface area contributed by atoms with Crippen LogP contribution in [-0.4, -0.2) is 37.3 Å². The van der Waals surface area contributed by atoms with E-state index in [-0.39, 0.29) is 17.0 Å². The fourth-order valence-electron chi connectivity index (χ4n) is 3.58. The molecule has 106 valence electrons. The van der Waals surface area contributed by atoms with Crippen LogP contribution in [0.3, 0.4) is 0 Å². The molecule has 0 spiro atoms. The van der Waals surface area contributed by atoms with Crippen LogP contribution in [0.15, 0.2) is 30.3 Å². The zero-order chi connectivity index (χ0) is 12.3. The Labute approximate surface area is 127 Å². The van der Waals surface area contributed by atoms with Crippen molar-refractivity contribution in [2.24, 2.45) is 5.92 Å².